The Balaban J connectivity index is 2.30. The van der Waals surface area contributed by atoms with Crippen LogP contribution in [0.15, 0.2) is 36.4 Å². The Kier molecular flexibility index (Phi) is 4.99. The molecule has 0 radical (unpaired) electrons. The summed E-state index contributed by atoms with van der Waals surface area (Å²) in [7, 11) is 2.62. The molecule has 0 amide bonds. The van der Waals surface area contributed by atoms with E-state index in [-0.39, 0.29) is 16.6 Å². The third-order valence-corrected chi connectivity index (χ3v) is 4.24. The van der Waals surface area contributed by atoms with Gasteiger partial charge in [0.2, 0.25) is 0 Å². The summed E-state index contributed by atoms with van der Waals surface area (Å²) in [6, 6.07) is 9.80. The number of rotatable bonds is 6. The highest BCUT2D eigenvalue weighted by molar-refractivity contribution is 6.09. The maximum absolute atomic E-state index is 12.4. The normalized spacial score (nSPS) is 10.8. The lowest BCUT2D eigenvalue weighted by molar-refractivity contribution is -0.150. The van der Waals surface area contributed by atoms with Crippen LogP contribution in [0, 0.1) is 0 Å². The van der Waals surface area contributed by atoms with Crippen LogP contribution in [0.25, 0.3) is 22.4 Å². The van der Waals surface area contributed by atoms with E-state index in [1.165, 1.54) is 19.2 Å². The largest absolute Gasteiger partial charge is 0.496 e. The smallest absolute Gasteiger partial charge is 0.340 e. The van der Waals surface area contributed by atoms with Crippen LogP contribution in [0.5, 0.6) is 5.75 Å². The number of carbonyl (C=O) groups excluding carboxylic acids is 1. The number of aliphatic carboxylic acids is 2. The van der Waals surface area contributed by atoms with Crippen molar-refractivity contribution in [3.8, 4) is 17.1 Å². The third-order valence-electron chi connectivity index (χ3n) is 4.24. The number of fused-ring (bicyclic) bond motifs is 1. The average Bonchev–Trinajstić information content (AvgIpc) is 3.10. The van der Waals surface area contributed by atoms with Gasteiger partial charge in [-0.15, -0.1) is 0 Å². The number of nitrogens with zero attached hydrogens (tertiary/aromatic N) is 1. The molecule has 1 aromatic heterocycles. The second-order valence-corrected chi connectivity index (χ2v) is 5.81. The first-order chi connectivity index (χ1) is 13.4. The number of H-pyrrole nitrogens is 1. The first kappa shape index (κ1) is 18.9. The van der Waals surface area contributed by atoms with Gasteiger partial charge in [-0.1, -0.05) is 18.2 Å². The molecule has 9 heteroatoms. The average molecular weight is 384 g/mol. The zero-order valence-electron chi connectivity index (χ0n) is 14.9. The van der Waals surface area contributed by atoms with Crippen molar-refractivity contribution in [2.45, 2.75) is 5.92 Å². The van der Waals surface area contributed by atoms with E-state index in [1.807, 2.05) is 0 Å². The standard InChI is InChI=1S/C19H16N2O7/c1-27-12-6-4-3-5-9(12)16-20-11-8-7-10(14(17(22)23)18(24)25)13(15(11)21-16)19(26)28-2/h3-8,14H,1-2H3,(H,20,21)(H,22,23)(H,24,25). The minimum absolute atomic E-state index is 0.109. The summed E-state index contributed by atoms with van der Waals surface area (Å²) in [4.78, 5) is 42.8. The number of hydrogen-bond acceptors (Lipinski definition) is 6. The Morgan fingerprint density at radius 3 is 2.32 bits per heavy atom. The molecule has 0 unspecified atom stereocenters. The Morgan fingerprint density at radius 1 is 1.04 bits per heavy atom. The molecule has 0 saturated heterocycles. The van der Waals surface area contributed by atoms with Gasteiger partial charge in [0.1, 0.15) is 17.1 Å². The zero-order chi connectivity index (χ0) is 20.4. The van der Waals surface area contributed by atoms with E-state index in [0.717, 1.165) is 7.11 Å². The number of nitrogens with one attached hydrogen (secondary N) is 1. The molecule has 0 aliphatic carbocycles. The number of aromatic amines is 1. The van der Waals surface area contributed by atoms with Crippen molar-refractivity contribution >= 4 is 28.9 Å². The number of methoxy groups -OCH3 is 2. The van der Waals surface area contributed by atoms with Crippen molar-refractivity contribution in [2.24, 2.45) is 0 Å². The summed E-state index contributed by atoms with van der Waals surface area (Å²) in [5.41, 5.74) is 0.716. The first-order valence-corrected chi connectivity index (χ1v) is 8.09. The number of hydrogen-bond donors (Lipinski definition) is 3. The molecule has 9 nitrogen and oxygen atoms in total. The van der Waals surface area contributed by atoms with Crippen LogP contribution in [0.3, 0.4) is 0 Å². The minimum Gasteiger partial charge on any atom is -0.496 e. The fourth-order valence-electron chi connectivity index (χ4n) is 2.99. The van der Waals surface area contributed by atoms with Crippen LogP contribution < -0.4 is 4.74 Å². The maximum Gasteiger partial charge on any atom is 0.340 e. The number of ether oxygens (including phenoxy) is 2. The number of carbonyl (C=O) groups is 3. The highest BCUT2D eigenvalue weighted by Crippen LogP contribution is 2.33. The molecule has 3 N–H and O–H groups in total. The van der Waals surface area contributed by atoms with Gasteiger partial charge in [-0.05, 0) is 23.8 Å². The summed E-state index contributed by atoms with van der Waals surface area (Å²) in [5.74, 6) is -5.11. The van der Waals surface area contributed by atoms with E-state index in [0.29, 0.717) is 22.7 Å². The summed E-state index contributed by atoms with van der Waals surface area (Å²) >= 11 is 0. The van der Waals surface area contributed by atoms with E-state index in [1.54, 1.807) is 24.3 Å². The molecule has 28 heavy (non-hydrogen) atoms. The zero-order valence-corrected chi connectivity index (χ0v) is 14.9. The number of esters is 1. The van der Waals surface area contributed by atoms with Gasteiger partial charge in [0, 0.05) is 0 Å². The number of benzene rings is 2. The van der Waals surface area contributed by atoms with Crippen molar-refractivity contribution in [3.05, 3.63) is 47.5 Å². The second kappa shape index (κ2) is 7.39. The molecule has 0 spiro atoms. The Labute approximate surface area is 158 Å². The van der Waals surface area contributed by atoms with E-state index in [4.69, 9.17) is 9.47 Å². The SMILES string of the molecule is COC(=O)c1c(C(C(=O)O)C(=O)O)ccc2[nH]c(-c3ccccc3OC)nc12. The number of carboxylic acids is 2. The quantitative estimate of drug-likeness (QED) is 0.434. The fourth-order valence-corrected chi connectivity index (χ4v) is 2.99. The lowest BCUT2D eigenvalue weighted by Crippen LogP contribution is -2.24. The van der Waals surface area contributed by atoms with Gasteiger partial charge in [0.15, 0.2) is 5.92 Å². The van der Waals surface area contributed by atoms with Gasteiger partial charge in [-0.25, -0.2) is 9.78 Å². The Bertz CT molecular complexity index is 1070. The molecule has 0 saturated carbocycles. The number of para-hydroxylation sites is 1. The van der Waals surface area contributed by atoms with Crippen LogP contribution in [0.2, 0.25) is 0 Å². The van der Waals surface area contributed by atoms with Crippen molar-refractivity contribution < 1.29 is 34.1 Å². The molecule has 0 atom stereocenters. The van der Waals surface area contributed by atoms with Crippen molar-refractivity contribution in [1.29, 1.82) is 0 Å². The molecule has 3 aromatic rings. The van der Waals surface area contributed by atoms with Crippen LogP contribution >= 0.6 is 0 Å². The minimum atomic E-state index is -1.94. The molecule has 0 fully saturated rings. The highest BCUT2D eigenvalue weighted by atomic mass is 16.5. The third kappa shape index (κ3) is 3.13. The van der Waals surface area contributed by atoms with Crippen molar-refractivity contribution in [3.63, 3.8) is 0 Å². The van der Waals surface area contributed by atoms with Crippen LogP contribution in [0.4, 0.5) is 0 Å². The van der Waals surface area contributed by atoms with Crippen LogP contribution in [0.1, 0.15) is 21.8 Å². The number of carboxylic acid groups (broad SMARTS) is 2. The predicted molar refractivity (Wildman–Crippen MR) is 97.4 cm³/mol. The molecule has 0 bridgehead atoms. The van der Waals surface area contributed by atoms with Gasteiger partial charge in [-0.3, -0.25) is 9.59 Å². The van der Waals surface area contributed by atoms with Gasteiger partial charge < -0.3 is 24.7 Å². The maximum atomic E-state index is 12.4. The van der Waals surface area contributed by atoms with E-state index in [2.05, 4.69) is 9.97 Å². The topological polar surface area (TPSA) is 139 Å². The lowest BCUT2D eigenvalue weighted by Gasteiger charge is -2.12. The van der Waals surface area contributed by atoms with Gasteiger partial charge in [0.25, 0.3) is 0 Å². The molecule has 0 aliphatic rings. The predicted octanol–water partition coefficient (Wildman–Crippen LogP) is 2.28. The molecule has 0 aliphatic heterocycles. The summed E-state index contributed by atoms with van der Waals surface area (Å²) in [6.07, 6.45) is 0. The van der Waals surface area contributed by atoms with Crippen LogP contribution in [-0.2, 0) is 14.3 Å². The monoisotopic (exact) mass is 384 g/mol. The Hall–Kier alpha value is -3.88. The number of aromatic nitrogens is 2. The van der Waals surface area contributed by atoms with Crippen molar-refractivity contribution in [2.75, 3.05) is 14.2 Å². The fraction of sp³-hybridized carbons (Fsp3) is 0.158. The lowest BCUT2D eigenvalue weighted by atomic mass is 9.93. The van der Waals surface area contributed by atoms with Crippen LogP contribution in [-0.4, -0.2) is 52.3 Å². The Morgan fingerprint density at radius 2 is 1.71 bits per heavy atom. The van der Waals surface area contributed by atoms with E-state index < -0.39 is 23.8 Å². The molecular formula is C19H16N2O7. The first-order valence-electron chi connectivity index (χ1n) is 8.09. The van der Waals surface area contributed by atoms with E-state index >= 15 is 0 Å². The van der Waals surface area contributed by atoms with Gasteiger partial charge in [-0.2, -0.15) is 0 Å². The van der Waals surface area contributed by atoms with E-state index in [9.17, 15) is 24.6 Å². The summed E-state index contributed by atoms with van der Waals surface area (Å²) < 4.78 is 10.1. The molecule has 1 heterocycles. The molecule has 144 valence electrons. The van der Waals surface area contributed by atoms with Gasteiger partial charge >= 0.3 is 17.9 Å². The molecule has 3 rings (SSSR count). The number of imidazole rings is 1. The van der Waals surface area contributed by atoms with Crippen molar-refractivity contribution in [1.82, 2.24) is 9.97 Å². The van der Waals surface area contributed by atoms with Gasteiger partial charge in [0.05, 0.1) is 30.9 Å². The highest BCUT2D eigenvalue weighted by Gasteiger charge is 2.34. The molecular weight excluding hydrogens is 368 g/mol. The second-order valence-electron chi connectivity index (χ2n) is 5.81. The molecule has 2 aromatic carbocycles. The summed E-state index contributed by atoms with van der Waals surface area (Å²) in [5, 5.41) is 18.6. The summed E-state index contributed by atoms with van der Waals surface area (Å²) in [6.45, 7) is 0.